The van der Waals surface area contributed by atoms with Crippen molar-refractivity contribution in [2.45, 2.75) is 44.7 Å². The summed E-state index contributed by atoms with van der Waals surface area (Å²) in [6, 6.07) is 0. The van der Waals surface area contributed by atoms with E-state index in [9.17, 15) is 4.79 Å². The second kappa shape index (κ2) is 7.13. The molecule has 0 unspecified atom stereocenters. The predicted octanol–water partition coefficient (Wildman–Crippen LogP) is 2.33. The van der Waals surface area contributed by atoms with Crippen molar-refractivity contribution in [3.05, 3.63) is 22.6 Å². The second-order valence-corrected chi connectivity index (χ2v) is 4.59. The second-order valence-electron chi connectivity index (χ2n) is 4.59. The fraction of sp³-hybridized carbons (Fsp3) is 0.750. The van der Waals surface area contributed by atoms with Crippen LogP contribution in [0.3, 0.4) is 0 Å². The highest BCUT2D eigenvalue weighted by atomic mass is 16.7. The van der Waals surface area contributed by atoms with Gasteiger partial charge in [0.25, 0.3) is 0 Å². The minimum absolute atomic E-state index is 0.214. The number of carbonyl (C=O) groups is 1. The van der Waals surface area contributed by atoms with Crippen LogP contribution in [0, 0.1) is 0 Å². The van der Waals surface area contributed by atoms with Crippen LogP contribution in [0.25, 0.3) is 10.4 Å². The third-order valence-electron chi connectivity index (χ3n) is 2.61. The van der Waals surface area contributed by atoms with E-state index in [0.717, 1.165) is 0 Å². The highest BCUT2D eigenvalue weighted by Crippen LogP contribution is 2.29. The lowest BCUT2D eigenvalue weighted by molar-refractivity contribution is -0.142. The van der Waals surface area contributed by atoms with Crippen LogP contribution in [0.4, 0.5) is 0 Å². The summed E-state index contributed by atoms with van der Waals surface area (Å²) in [5.74, 6) is -0.952. The lowest BCUT2D eigenvalue weighted by Gasteiger charge is -2.16. The monoisotopic (exact) mass is 269 g/mol. The molecule has 0 aliphatic carbocycles. The largest absolute Gasteiger partial charge is 0.469 e. The number of allylic oxidation sites excluding steroid dienone is 1. The summed E-state index contributed by atoms with van der Waals surface area (Å²) in [6.07, 6.45) is 3.98. The Kier molecular flexibility index (Phi) is 5.82. The summed E-state index contributed by atoms with van der Waals surface area (Å²) < 4.78 is 15.9. The fourth-order valence-electron chi connectivity index (χ4n) is 1.82. The number of hydrogen-bond acceptors (Lipinski definition) is 5. The Morgan fingerprint density at radius 2 is 2.26 bits per heavy atom. The third-order valence-corrected chi connectivity index (χ3v) is 2.61. The van der Waals surface area contributed by atoms with Crippen molar-refractivity contribution in [2.24, 2.45) is 5.11 Å². The van der Waals surface area contributed by atoms with Gasteiger partial charge in [-0.15, -0.1) is 0 Å². The number of nitrogens with zero attached hydrogens (tertiary/aromatic N) is 3. The smallest absolute Gasteiger partial charge is 0.305 e. The van der Waals surface area contributed by atoms with E-state index in [2.05, 4.69) is 14.8 Å². The van der Waals surface area contributed by atoms with Crippen LogP contribution in [-0.4, -0.2) is 37.6 Å². The highest BCUT2D eigenvalue weighted by molar-refractivity contribution is 5.69. The van der Waals surface area contributed by atoms with Gasteiger partial charge in [-0.2, -0.15) is 0 Å². The molecule has 1 aliphatic heterocycles. The number of esters is 1. The van der Waals surface area contributed by atoms with E-state index in [4.69, 9.17) is 15.0 Å². The molecule has 19 heavy (non-hydrogen) atoms. The number of azide groups is 1. The molecule has 0 aromatic rings. The van der Waals surface area contributed by atoms with Crippen LogP contribution in [0.15, 0.2) is 17.3 Å². The lowest BCUT2D eigenvalue weighted by Crippen LogP contribution is -2.23. The number of ether oxygens (including phenoxy) is 3. The summed E-state index contributed by atoms with van der Waals surface area (Å²) in [4.78, 5) is 13.7. The van der Waals surface area contributed by atoms with Crippen LogP contribution < -0.4 is 0 Å². The van der Waals surface area contributed by atoms with E-state index in [0.29, 0.717) is 12.8 Å². The van der Waals surface area contributed by atoms with E-state index in [1.54, 1.807) is 13.8 Å². The SMILES string of the molecule is COC(=O)CC/C=C\[C@@H]1OC(C)(C)O[C@@H]1CN=[N+]=[N-]. The summed E-state index contributed by atoms with van der Waals surface area (Å²) >= 11 is 0. The van der Waals surface area contributed by atoms with Gasteiger partial charge in [0.15, 0.2) is 5.79 Å². The quantitative estimate of drug-likeness (QED) is 0.243. The van der Waals surface area contributed by atoms with Crippen molar-refractivity contribution in [2.75, 3.05) is 13.7 Å². The molecular weight excluding hydrogens is 250 g/mol. The molecule has 0 bridgehead atoms. The highest BCUT2D eigenvalue weighted by Gasteiger charge is 2.39. The molecule has 0 saturated carbocycles. The summed E-state index contributed by atoms with van der Waals surface area (Å²) in [5.41, 5.74) is 8.34. The van der Waals surface area contributed by atoms with Crippen molar-refractivity contribution >= 4 is 5.97 Å². The molecule has 0 amide bonds. The summed E-state index contributed by atoms with van der Waals surface area (Å²) in [6.45, 7) is 3.82. The zero-order valence-electron chi connectivity index (χ0n) is 11.4. The van der Waals surface area contributed by atoms with Gasteiger partial charge < -0.3 is 14.2 Å². The van der Waals surface area contributed by atoms with Gasteiger partial charge in [-0.05, 0) is 25.8 Å². The van der Waals surface area contributed by atoms with E-state index in [-0.39, 0.29) is 24.7 Å². The Morgan fingerprint density at radius 1 is 1.53 bits per heavy atom. The Labute approximate surface area is 112 Å². The van der Waals surface area contributed by atoms with Crippen LogP contribution in [0.5, 0.6) is 0 Å². The normalized spacial score (nSPS) is 25.2. The standard InChI is InChI=1S/C12H19N3O4/c1-12(2)18-9(10(19-12)8-14-15-13)6-4-5-7-11(16)17-3/h4,6,9-10H,5,7-8H2,1-3H3/b6-4-/t9-,10+/m0/s1. The zero-order valence-corrected chi connectivity index (χ0v) is 11.4. The molecule has 0 spiro atoms. The molecular formula is C12H19N3O4. The molecule has 0 N–H and O–H groups in total. The van der Waals surface area contributed by atoms with Gasteiger partial charge >= 0.3 is 5.97 Å². The maximum Gasteiger partial charge on any atom is 0.305 e. The fourth-order valence-corrected chi connectivity index (χ4v) is 1.82. The first kappa shape index (κ1) is 15.5. The van der Waals surface area contributed by atoms with Crippen molar-refractivity contribution in [3.8, 4) is 0 Å². The Bertz CT molecular complexity index is 388. The molecule has 2 atom stereocenters. The number of hydrogen-bond donors (Lipinski definition) is 0. The van der Waals surface area contributed by atoms with E-state index < -0.39 is 5.79 Å². The van der Waals surface area contributed by atoms with Gasteiger partial charge in [-0.3, -0.25) is 4.79 Å². The molecule has 0 aromatic carbocycles. The molecule has 1 heterocycles. The minimum Gasteiger partial charge on any atom is -0.469 e. The maximum atomic E-state index is 10.9. The van der Waals surface area contributed by atoms with Crippen molar-refractivity contribution in [3.63, 3.8) is 0 Å². The molecule has 7 nitrogen and oxygen atoms in total. The maximum absolute atomic E-state index is 10.9. The average Bonchev–Trinajstić information content (AvgIpc) is 2.66. The summed E-state index contributed by atoms with van der Waals surface area (Å²) in [7, 11) is 1.36. The van der Waals surface area contributed by atoms with Crippen molar-refractivity contribution in [1.29, 1.82) is 0 Å². The number of methoxy groups -OCH3 is 1. The zero-order chi connectivity index (χ0) is 14.3. The predicted molar refractivity (Wildman–Crippen MR) is 68.2 cm³/mol. The Hall–Kier alpha value is -1.56. The number of rotatable bonds is 6. The molecule has 1 saturated heterocycles. The Balaban J connectivity index is 2.51. The van der Waals surface area contributed by atoms with Crippen LogP contribution in [0.2, 0.25) is 0 Å². The molecule has 1 fully saturated rings. The molecule has 0 aromatic heterocycles. The van der Waals surface area contributed by atoms with Crippen LogP contribution in [-0.2, 0) is 19.0 Å². The van der Waals surface area contributed by atoms with Crippen molar-refractivity contribution in [1.82, 2.24) is 0 Å². The first-order valence-electron chi connectivity index (χ1n) is 6.08. The van der Waals surface area contributed by atoms with Gasteiger partial charge in [0.2, 0.25) is 0 Å². The average molecular weight is 269 g/mol. The van der Waals surface area contributed by atoms with Gasteiger partial charge in [0.05, 0.1) is 19.8 Å². The Morgan fingerprint density at radius 3 is 2.89 bits per heavy atom. The lowest BCUT2D eigenvalue weighted by atomic mass is 10.1. The number of carbonyl (C=O) groups excluding carboxylic acids is 1. The van der Waals surface area contributed by atoms with Gasteiger partial charge in [-0.25, -0.2) is 0 Å². The van der Waals surface area contributed by atoms with E-state index in [1.807, 2.05) is 12.2 Å². The molecule has 7 heteroatoms. The van der Waals surface area contributed by atoms with Crippen LogP contribution in [0.1, 0.15) is 26.7 Å². The topological polar surface area (TPSA) is 93.5 Å². The third kappa shape index (κ3) is 5.30. The molecule has 106 valence electrons. The first-order chi connectivity index (χ1) is 8.98. The molecule has 1 rings (SSSR count). The van der Waals surface area contributed by atoms with Crippen molar-refractivity contribution < 1.29 is 19.0 Å². The molecule has 1 aliphatic rings. The minimum atomic E-state index is -0.701. The van der Waals surface area contributed by atoms with Gasteiger partial charge in [-0.1, -0.05) is 17.3 Å². The summed E-state index contributed by atoms with van der Waals surface area (Å²) in [5, 5.41) is 3.51. The van der Waals surface area contributed by atoms with Gasteiger partial charge in [0.1, 0.15) is 6.10 Å². The first-order valence-corrected chi connectivity index (χ1v) is 6.08. The van der Waals surface area contributed by atoms with Gasteiger partial charge in [0, 0.05) is 11.3 Å². The van der Waals surface area contributed by atoms with Crippen LogP contribution >= 0.6 is 0 Å². The van der Waals surface area contributed by atoms with E-state index >= 15 is 0 Å². The molecule has 0 radical (unpaired) electrons. The van der Waals surface area contributed by atoms with E-state index in [1.165, 1.54) is 7.11 Å².